The van der Waals surface area contributed by atoms with Gasteiger partial charge in [-0.2, -0.15) is 0 Å². The molecule has 1 atom stereocenters. The summed E-state index contributed by atoms with van der Waals surface area (Å²) in [5, 5.41) is 9.64. The van der Waals surface area contributed by atoms with Gasteiger partial charge in [-0.3, -0.25) is 9.69 Å². The molecule has 6 nitrogen and oxygen atoms in total. The van der Waals surface area contributed by atoms with Gasteiger partial charge < -0.3 is 5.11 Å². The van der Waals surface area contributed by atoms with Gasteiger partial charge in [0.1, 0.15) is 0 Å². The molecular weight excluding hydrogens is 302 g/mol. The number of carboxylic acid groups (broad SMARTS) is 1. The number of rotatable bonds is 3. The van der Waals surface area contributed by atoms with Gasteiger partial charge in [-0.05, 0) is 12.8 Å². The Bertz CT molecular complexity index is 506. The minimum absolute atomic E-state index is 0.0260. The van der Waals surface area contributed by atoms with Crippen molar-refractivity contribution in [3.63, 3.8) is 0 Å². The van der Waals surface area contributed by atoms with Crippen molar-refractivity contribution in [2.75, 3.05) is 16.8 Å². The van der Waals surface area contributed by atoms with Crippen LogP contribution in [-0.4, -0.2) is 38.8 Å². The standard InChI is InChI=1S/C11H12BrN3O3/c1-6-8(10(17)18)4-13-11(14-6)15-5-7(3-12)2-9(15)16/h4,7H,2-3,5H2,1H3,(H,17,18). The molecule has 96 valence electrons. The lowest BCUT2D eigenvalue weighted by atomic mass is 10.2. The first-order valence-corrected chi connectivity index (χ1v) is 6.58. The zero-order valence-corrected chi connectivity index (χ0v) is 11.3. The fraction of sp³-hybridized carbons (Fsp3) is 0.455. The van der Waals surface area contributed by atoms with Crippen LogP contribution in [0.2, 0.25) is 0 Å². The molecule has 2 rings (SSSR count). The van der Waals surface area contributed by atoms with E-state index in [-0.39, 0.29) is 23.3 Å². The highest BCUT2D eigenvalue weighted by molar-refractivity contribution is 9.09. The summed E-state index contributed by atoms with van der Waals surface area (Å²) in [5.41, 5.74) is 0.421. The molecule has 0 aromatic carbocycles. The summed E-state index contributed by atoms with van der Waals surface area (Å²) in [7, 11) is 0. The number of carboxylic acids is 1. The maximum Gasteiger partial charge on any atom is 0.339 e. The van der Waals surface area contributed by atoms with Crippen LogP contribution in [-0.2, 0) is 4.79 Å². The number of aromatic carboxylic acids is 1. The van der Waals surface area contributed by atoms with E-state index in [1.165, 1.54) is 11.1 Å². The smallest absolute Gasteiger partial charge is 0.339 e. The number of nitrogens with zero attached hydrogens (tertiary/aromatic N) is 3. The van der Waals surface area contributed by atoms with E-state index in [1.807, 2.05) is 0 Å². The van der Waals surface area contributed by atoms with Crippen LogP contribution < -0.4 is 4.90 Å². The van der Waals surface area contributed by atoms with Gasteiger partial charge in [-0.1, -0.05) is 15.9 Å². The average molecular weight is 314 g/mol. The molecule has 1 saturated heterocycles. The second-order valence-corrected chi connectivity index (χ2v) is 4.85. The molecule has 1 amide bonds. The zero-order valence-electron chi connectivity index (χ0n) is 9.76. The molecule has 1 aliphatic heterocycles. The highest BCUT2D eigenvalue weighted by Crippen LogP contribution is 2.23. The van der Waals surface area contributed by atoms with Crippen molar-refractivity contribution in [2.45, 2.75) is 13.3 Å². The Morgan fingerprint density at radius 2 is 2.39 bits per heavy atom. The third kappa shape index (κ3) is 2.35. The lowest BCUT2D eigenvalue weighted by molar-refractivity contribution is -0.117. The van der Waals surface area contributed by atoms with Gasteiger partial charge in [-0.15, -0.1) is 0 Å². The van der Waals surface area contributed by atoms with Crippen LogP contribution >= 0.6 is 15.9 Å². The Hall–Kier alpha value is -1.50. The fourth-order valence-electron chi connectivity index (χ4n) is 1.87. The number of hydrogen-bond donors (Lipinski definition) is 1. The Morgan fingerprint density at radius 1 is 1.67 bits per heavy atom. The highest BCUT2D eigenvalue weighted by atomic mass is 79.9. The number of carbonyl (C=O) groups is 2. The van der Waals surface area contributed by atoms with E-state index in [9.17, 15) is 9.59 Å². The molecule has 0 bridgehead atoms. The molecule has 1 N–H and O–H groups in total. The van der Waals surface area contributed by atoms with Crippen molar-refractivity contribution in [3.05, 3.63) is 17.5 Å². The molecule has 0 radical (unpaired) electrons. The van der Waals surface area contributed by atoms with Crippen LogP contribution in [0.25, 0.3) is 0 Å². The topological polar surface area (TPSA) is 83.4 Å². The minimum Gasteiger partial charge on any atom is -0.478 e. The van der Waals surface area contributed by atoms with Crippen molar-refractivity contribution in [1.29, 1.82) is 0 Å². The van der Waals surface area contributed by atoms with Crippen molar-refractivity contribution >= 4 is 33.8 Å². The Balaban J connectivity index is 2.27. The van der Waals surface area contributed by atoms with Crippen LogP contribution in [0.1, 0.15) is 22.5 Å². The molecule has 0 saturated carbocycles. The molecule has 1 aliphatic rings. The maximum absolute atomic E-state index is 11.8. The van der Waals surface area contributed by atoms with Gasteiger partial charge >= 0.3 is 5.97 Å². The van der Waals surface area contributed by atoms with E-state index < -0.39 is 5.97 Å². The summed E-state index contributed by atoms with van der Waals surface area (Å²) in [6.07, 6.45) is 1.71. The molecule has 18 heavy (non-hydrogen) atoms. The van der Waals surface area contributed by atoms with E-state index in [4.69, 9.17) is 5.11 Å². The Kier molecular flexibility index (Phi) is 3.60. The van der Waals surface area contributed by atoms with Crippen LogP contribution in [0, 0.1) is 12.8 Å². The quantitative estimate of drug-likeness (QED) is 0.849. The van der Waals surface area contributed by atoms with E-state index in [0.717, 1.165) is 5.33 Å². The number of hydrogen-bond acceptors (Lipinski definition) is 4. The Morgan fingerprint density at radius 3 is 2.89 bits per heavy atom. The summed E-state index contributed by atoms with van der Waals surface area (Å²) in [6, 6.07) is 0. The molecule has 1 fully saturated rings. The summed E-state index contributed by atoms with van der Waals surface area (Å²) >= 11 is 3.35. The molecular formula is C11H12BrN3O3. The number of amides is 1. The second kappa shape index (κ2) is 5.01. The van der Waals surface area contributed by atoms with Crippen LogP contribution in [0.3, 0.4) is 0 Å². The zero-order chi connectivity index (χ0) is 13.3. The number of halogens is 1. The van der Waals surface area contributed by atoms with E-state index in [2.05, 4.69) is 25.9 Å². The molecule has 1 aromatic rings. The first-order valence-electron chi connectivity index (χ1n) is 5.46. The van der Waals surface area contributed by atoms with Gasteiger partial charge in [0.15, 0.2) is 0 Å². The molecule has 7 heteroatoms. The number of carbonyl (C=O) groups excluding carboxylic acids is 1. The number of aromatic nitrogens is 2. The normalized spacial score (nSPS) is 19.3. The summed E-state index contributed by atoms with van der Waals surface area (Å²) in [5.74, 6) is -0.557. The number of alkyl halides is 1. The van der Waals surface area contributed by atoms with Crippen molar-refractivity contribution in [1.82, 2.24) is 9.97 Å². The van der Waals surface area contributed by atoms with Crippen LogP contribution in [0.4, 0.5) is 5.95 Å². The van der Waals surface area contributed by atoms with E-state index in [0.29, 0.717) is 18.7 Å². The number of anilines is 1. The van der Waals surface area contributed by atoms with Gasteiger partial charge in [0.05, 0.1) is 11.3 Å². The fourth-order valence-corrected chi connectivity index (χ4v) is 2.31. The van der Waals surface area contributed by atoms with E-state index >= 15 is 0 Å². The van der Waals surface area contributed by atoms with Crippen molar-refractivity contribution < 1.29 is 14.7 Å². The monoisotopic (exact) mass is 313 g/mol. The van der Waals surface area contributed by atoms with Gasteiger partial charge in [0.2, 0.25) is 11.9 Å². The van der Waals surface area contributed by atoms with Crippen molar-refractivity contribution in [2.24, 2.45) is 5.92 Å². The molecule has 1 aromatic heterocycles. The van der Waals surface area contributed by atoms with E-state index in [1.54, 1.807) is 6.92 Å². The third-order valence-corrected chi connectivity index (χ3v) is 3.78. The maximum atomic E-state index is 11.8. The summed E-state index contributed by atoms with van der Waals surface area (Å²) < 4.78 is 0. The third-order valence-electron chi connectivity index (χ3n) is 2.86. The predicted octanol–water partition coefficient (Wildman–Crippen LogP) is 1.23. The predicted molar refractivity (Wildman–Crippen MR) is 68.0 cm³/mol. The Labute approximate surface area is 112 Å². The summed E-state index contributed by atoms with van der Waals surface area (Å²) in [4.78, 5) is 32.2. The first kappa shape index (κ1) is 12.9. The largest absolute Gasteiger partial charge is 0.478 e. The van der Waals surface area contributed by atoms with Crippen molar-refractivity contribution in [3.8, 4) is 0 Å². The second-order valence-electron chi connectivity index (χ2n) is 4.20. The molecule has 1 unspecified atom stereocenters. The average Bonchev–Trinajstić information content (AvgIpc) is 2.70. The lowest BCUT2D eigenvalue weighted by Crippen LogP contribution is -2.27. The number of aryl methyl sites for hydroxylation is 1. The van der Waals surface area contributed by atoms with Gasteiger partial charge in [0.25, 0.3) is 0 Å². The van der Waals surface area contributed by atoms with Gasteiger partial charge in [0, 0.05) is 24.5 Å². The molecule has 0 aliphatic carbocycles. The minimum atomic E-state index is -1.06. The van der Waals surface area contributed by atoms with Gasteiger partial charge in [-0.25, -0.2) is 14.8 Å². The molecule has 2 heterocycles. The van der Waals surface area contributed by atoms with Crippen LogP contribution in [0.15, 0.2) is 6.20 Å². The molecule has 0 spiro atoms. The highest BCUT2D eigenvalue weighted by Gasteiger charge is 2.31. The first-order chi connectivity index (χ1) is 8.52. The van der Waals surface area contributed by atoms with Crippen LogP contribution in [0.5, 0.6) is 0 Å². The summed E-state index contributed by atoms with van der Waals surface area (Å²) in [6.45, 7) is 2.16. The SMILES string of the molecule is Cc1nc(N2CC(CBr)CC2=O)ncc1C(=O)O. The lowest BCUT2D eigenvalue weighted by Gasteiger charge is -2.14.